The fraction of sp³-hybridized carbons (Fsp3) is 0.500. The summed E-state index contributed by atoms with van der Waals surface area (Å²) in [6, 6.07) is 6.43. The van der Waals surface area contributed by atoms with Crippen molar-refractivity contribution in [2.45, 2.75) is 25.3 Å². The molecule has 1 N–H and O–H groups in total. The number of benzene rings is 1. The van der Waals surface area contributed by atoms with E-state index in [-0.39, 0.29) is 30.2 Å². The van der Waals surface area contributed by atoms with Gasteiger partial charge in [-0.1, -0.05) is 12.1 Å². The molecule has 1 fully saturated rings. The molecular formula is C14H20ClFN2O. The van der Waals surface area contributed by atoms with E-state index in [0.717, 1.165) is 31.4 Å². The zero-order valence-electron chi connectivity index (χ0n) is 11.1. The number of hydrogen-bond donors (Lipinski definition) is 1. The van der Waals surface area contributed by atoms with Gasteiger partial charge < -0.3 is 10.2 Å². The Kier molecular flexibility index (Phi) is 6.25. The summed E-state index contributed by atoms with van der Waals surface area (Å²) in [5, 5.41) is 3.20. The summed E-state index contributed by atoms with van der Waals surface area (Å²) in [6.07, 6.45) is 2.76. The van der Waals surface area contributed by atoms with Crippen LogP contribution in [0.25, 0.3) is 0 Å². The fourth-order valence-electron chi connectivity index (χ4n) is 2.22. The Morgan fingerprint density at radius 1 is 1.42 bits per heavy atom. The molecule has 1 heterocycles. The van der Waals surface area contributed by atoms with Gasteiger partial charge in [-0.3, -0.25) is 4.79 Å². The van der Waals surface area contributed by atoms with Gasteiger partial charge in [-0.2, -0.15) is 0 Å². The van der Waals surface area contributed by atoms with Crippen LogP contribution in [0.15, 0.2) is 24.3 Å². The third-order valence-corrected chi connectivity index (χ3v) is 3.38. The van der Waals surface area contributed by atoms with Crippen LogP contribution in [0.3, 0.4) is 0 Å². The lowest BCUT2D eigenvalue weighted by Gasteiger charge is -2.21. The molecule has 0 spiro atoms. The predicted molar refractivity (Wildman–Crippen MR) is 76.0 cm³/mol. The molecule has 5 heteroatoms. The summed E-state index contributed by atoms with van der Waals surface area (Å²) < 4.78 is 12.7. The summed E-state index contributed by atoms with van der Waals surface area (Å²) in [5.74, 6) is -0.0621. The van der Waals surface area contributed by atoms with Gasteiger partial charge in [0.1, 0.15) is 5.82 Å². The predicted octanol–water partition coefficient (Wildman–Crippen LogP) is 2.00. The molecule has 0 aromatic heterocycles. The average molecular weight is 287 g/mol. The number of nitrogens with zero attached hydrogens (tertiary/aromatic N) is 1. The standard InChI is InChI=1S/C14H19FN2O.ClH/c1-17(14(18)13-3-2-9-16-13)10-8-11-4-6-12(15)7-5-11;/h4-7,13,16H,2-3,8-10H2,1H3;1H. The number of nitrogens with one attached hydrogen (secondary N) is 1. The van der Waals surface area contributed by atoms with Crippen molar-refractivity contribution in [3.8, 4) is 0 Å². The molecular weight excluding hydrogens is 267 g/mol. The third kappa shape index (κ3) is 4.48. The number of halogens is 2. The molecule has 1 aliphatic heterocycles. The highest BCUT2D eigenvalue weighted by atomic mass is 35.5. The quantitative estimate of drug-likeness (QED) is 0.918. The maximum atomic E-state index is 12.7. The maximum absolute atomic E-state index is 12.7. The number of carbonyl (C=O) groups excluding carboxylic acids is 1. The van der Waals surface area contributed by atoms with Crippen molar-refractivity contribution < 1.29 is 9.18 Å². The van der Waals surface area contributed by atoms with Crippen molar-refractivity contribution in [2.75, 3.05) is 20.1 Å². The van der Waals surface area contributed by atoms with Gasteiger partial charge >= 0.3 is 0 Å². The molecule has 0 bridgehead atoms. The molecule has 0 aliphatic carbocycles. The van der Waals surface area contributed by atoms with E-state index in [0.29, 0.717) is 6.54 Å². The van der Waals surface area contributed by atoms with E-state index < -0.39 is 0 Å². The first kappa shape index (κ1) is 15.9. The Labute approximate surface area is 119 Å². The van der Waals surface area contributed by atoms with Crippen LogP contribution in [-0.2, 0) is 11.2 Å². The molecule has 3 nitrogen and oxygen atoms in total. The molecule has 1 unspecified atom stereocenters. The second-order valence-electron chi connectivity index (χ2n) is 4.79. The monoisotopic (exact) mass is 286 g/mol. The lowest BCUT2D eigenvalue weighted by Crippen LogP contribution is -2.42. The van der Waals surface area contributed by atoms with E-state index in [2.05, 4.69) is 5.32 Å². The highest BCUT2D eigenvalue weighted by Gasteiger charge is 2.24. The van der Waals surface area contributed by atoms with Gasteiger partial charge in [0.15, 0.2) is 0 Å². The first-order chi connectivity index (χ1) is 8.66. The van der Waals surface area contributed by atoms with E-state index >= 15 is 0 Å². The Balaban J connectivity index is 0.00000180. The topological polar surface area (TPSA) is 32.3 Å². The van der Waals surface area contributed by atoms with Crippen LogP contribution in [0.2, 0.25) is 0 Å². The normalized spacial score (nSPS) is 17.9. The van der Waals surface area contributed by atoms with E-state index in [9.17, 15) is 9.18 Å². The van der Waals surface area contributed by atoms with Gasteiger partial charge in [-0.05, 0) is 43.5 Å². The maximum Gasteiger partial charge on any atom is 0.239 e. The second kappa shape index (κ2) is 7.46. The molecule has 1 aromatic rings. The van der Waals surface area contributed by atoms with Crippen molar-refractivity contribution in [1.82, 2.24) is 10.2 Å². The molecule has 1 atom stereocenters. The fourth-order valence-corrected chi connectivity index (χ4v) is 2.22. The van der Waals surface area contributed by atoms with Crippen LogP contribution >= 0.6 is 12.4 Å². The van der Waals surface area contributed by atoms with E-state index in [1.807, 2.05) is 7.05 Å². The Morgan fingerprint density at radius 3 is 2.68 bits per heavy atom. The largest absolute Gasteiger partial charge is 0.344 e. The molecule has 0 radical (unpaired) electrons. The first-order valence-electron chi connectivity index (χ1n) is 6.39. The molecule has 0 saturated carbocycles. The summed E-state index contributed by atoms with van der Waals surface area (Å²) in [6.45, 7) is 1.60. The summed E-state index contributed by atoms with van der Waals surface area (Å²) >= 11 is 0. The molecule has 1 saturated heterocycles. The van der Waals surface area contributed by atoms with Crippen molar-refractivity contribution in [3.05, 3.63) is 35.6 Å². The van der Waals surface area contributed by atoms with Crippen molar-refractivity contribution in [2.24, 2.45) is 0 Å². The number of hydrogen-bond acceptors (Lipinski definition) is 2. The number of rotatable bonds is 4. The molecule has 19 heavy (non-hydrogen) atoms. The van der Waals surface area contributed by atoms with E-state index in [1.165, 1.54) is 12.1 Å². The smallest absolute Gasteiger partial charge is 0.239 e. The third-order valence-electron chi connectivity index (χ3n) is 3.38. The molecule has 1 aliphatic rings. The van der Waals surface area contributed by atoms with Gasteiger partial charge in [0, 0.05) is 13.6 Å². The van der Waals surface area contributed by atoms with Gasteiger partial charge in [0.2, 0.25) is 5.91 Å². The minimum Gasteiger partial charge on any atom is -0.344 e. The lowest BCUT2D eigenvalue weighted by molar-refractivity contribution is -0.131. The zero-order chi connectivity index (χ0) is 13.0. The second-order valence-corrected chi connectivity index (χ2v) is 4.79. The minimum atomic E-state index is -0.224. The summed E-state index contributed by atoms with van der Waals surface area (Å²) in [4.78, 5) is 13.8. The number of likely N-dealkylation sites (N-methyl/N-ethyl adjacent to an activating group) is 1. The highest BCUT2D eigenvalue weighted by Crippen LogP contribution is 2.09. The van der Waals surface area contributed by atoms with Gasteiger partial charge in [-0.15, -0.1) is 12.4 Å². The average Bonchev–Trinajstić information content (AvgIpc) is 2.90. The Hall–Kier alpha value is -1.13. The molecule has 1 aromatic carbocycles. The van der Waals surface area contributed by atoms with Crippen LogP contribution in [0.1, 0.15) is 18.4 Å². The van der Waals surface area contributed by atoms with Crippen LogP contribution in [-0.4, -0.2) is 37.0 Å². The van der Waals surface area contributed by atoms with Crippen LogP contribution in [0.5, 0.6) is 0 Å². The van der Waals surface area contributed by atoms with Crippen LogP contribution in [0.4, 0.5) is 4.39 Å². The van der Waals surface area contributed by atoms with Gasteiger partial charge in [-0.25, -0.2) is 4.39 Å². The van der Waals surface area contributed by atoms with Gasteiger partial charge in [0.05, 0.1) is 6.04 Å². The zero-order valence-corrected chi connectivity index (χ0v) is 11.9. The SMILES string of the molecule is CN(CCc1ccc(F)cc1)C(=O)C1CCCN1.Cl. The van der Waals surface area contributed by atoms with Crippen molar-refractivity contribution in [3.63, 3.8) is 0 Å². The van der Waals surface area contributed by atoms with E-state index in [4.69, 9.17) is 0 Å². The molecule has 2 rings (SSSR count). The lowest BCUT2D eigenvalue weighted by atomic mass is 10.1. The number of carbonyl (C=O) groups is 1. The minimum absolute atomic E-state index is 0. The highest BCUT2D eigenvalue weighted by molar-refractivity contribution is 5.85. The molecule has 106 valence electrons. The summed E-state index contributed by atoms with van der Waals surface area (Å²) in [7, 11) is 1.83. The van der Waals surface area contributed by atoms with Crippen molar-refractivity contribution in [1.29, 1.82) is 0 Å². The Morgan fingerprint density at radius 2 is 2.11 bits per heavy atom. The summed E-state index contributed by atoms with van der Waals surface area (Å²) in [5.41, 5.74) is 1.05. The first-order valence-corrected chi connectivity index (χ1v) is 6.39. The number of amides is 1. The van der Waals surface area contributed by atoms with Crippen LogP contribution in [0, 0.1) is 5.82 Å². The van der Waals surface area contributed by atoms with E-state index in [1.54, 1.807) is 17.0 Å². The van der Waals surface area contributed by atoms with Gasteiger partial charge in [0.25, 0.3) is 0 Å². The van der Waals surface area contributed by atoms with Crippen molar-refractivity contribution >= 4 is 18.3 Å². The molecule has 1 amide bonds. The van der Waals surface area contributed by atoms with Crippen LogP contribution < -0.4 is 5.32 Å². The Bertz CT molecular complexity index is 404.